The van der Waals surface area contributed by atoms with Crippen LogP contribution in [0.25, 0.3) is 0 Å². The van der Waals surface area contributed by atoms with E-state index in [4.69, 9.17) is 5.73 Å². The Labute approximate surface area is 126 Å². The molecule has 0 aliphatic heterocycles. The minimum absolute atomic E-state index is 0.0846. The zero-order valence-corrected chi connectivity index (χ0v) is 13.7. The Kier molecular flexibility index (Phi) is 6.12. The molecule has 0 saturated heterocycles. The fraction of sp³-hybridized carbons (Fsp3) is 0.571. The molecule has 0 amide bonds. The van der Waals surface area contributed by atoms with Gasteiger partial charge in [-0.25, -0.2) is 17.5 Å². The Hall–Kier alpha value is -1.18. The van der Waals surface area contributed by atoms with Crippen LogP contribution in [0.3, 0.4) is 0 Å². The van der Waals surface area contributed by atoms with E-state index in [1.165, 1.54) is 6.07 Å². The van der Waals surface area contributed by atoms with Crippen LogP contribution >= 0.6 is 0 Å². The zero-order chi connectivity index (χ0) is 16.2. The minimum atomic E-state index is -3.75. The molecule has 21 heavy (non-hydrogen) atoms. The van der Waals surface area contributed by atoms with Crippen molar-refractivity contribution < 1.29 is 12.8 Å². The van der Waals surface area contributed by atoms with Crippen molar-refractivity contribution in [3.05, 3.63) is 24.0 Å². The molecule has 0 radical (unpaired) electrons. The van der Waals surface area contributed by atoms with Crippen molar-refractivity contribution in [1.82, 2.24) is 9.62 Å². The third-order valence-corrected chi connectivity index (χ3v) is 4.63. The Morgan fingerprint density at radius 2 is 1.76 bits per heavy atom. The molecular weight excluding hydrogens is 293 g/mol. The number of hydrogen-bond donors (Lipinski definition) is 2. The van der Waals surface area contributed by atoms with Crippen molar-refractivity contribution >= 4 is 15.7 Å². The summed E-state index contributed by atoms with van der Waals surface area (Å²) in [6, 6.07) is 3.92. The number of nitrogen functional groups attached to an aromatic ring is 1. The highest BCUT2D eigenvalue weighted by Gasteiger charge is 2.18. The Bertz CT molecular complexity index is 545. The number of sulfonamides is 1. The van der Waals surface area contributed by atoms with Gasteiger partial charge >= 0.3 is 0 Å². The third-order valence-electron chi connectivity index (χ3n) is 3.19. The van der Waals surface area contributed by atoms with E-state index in [1.807, 2.05) is 0 Å². The molecule has 0 atom stereocenters. The van der Waals surface area contributed by atoms with Crippen molar-refractivity contribution in [2.45, 2.75) is 44.7 Å². The number of nitrogens with zero attached hydrogens (tertiary/aromatic N) is 1. The molecule has 120 valence electrons. The lowest BCUT2D eigenvalue weighted by Gasteiger charge is -2.30. The fourth-order valence-electron chi connectivity index (χ4n) is 2.24. The van der Waals surface area contributed by atoms with E-state index < -0.39 is 15.8 Å². The maximum Gasteiger partial charge on any atom is 0.240 e. The molecule has 0 fully saturated rings. The van der Waals surface area contributed by atoms with Crippen molar-refractivity contribution in [2.24, 2.45) is 0 Å². The fourth-order valence-corrected chi connectivity index (χ4v) is 3.33. The van der Waals surface area contributed by atoms with Gasteiger partial charge < -0.3 is 5.73 Å². The normalized spacial score (nSPS) is 12.6. The van der Waals surface area contributed by atoms with Crippen molar-refractivity contribution in [3.63, 3.8) is 0 Å². The van der Waals surface area contributed by atoms with Crippen LogP contribution in [0.2, 0.25) is 0 Å². The van der Waals surface area contributed by atoms with Gasteiger partial charge in [-0.3, -0.25) is 4.90 Å². The highest BCUT2D eigenvalue weighted by atomic mass is 32.2. The van der Waals surface area contributed by atoms with Crippen LogP contribution in [-0.4, -0.2) is 38.5 Å². The molecule has 0 heterocycles. The van der Waals surface area contributed by atoms with E-state index in [9.17, 15) is 12.8 Å². The summed E-state index contributed by atoms with van der Waals surface area (Å²) >= 11 is 0. The first kappa shape index (κ1) is 17.9. The first-order valence-electron chi connectivity index (χ1n) is 6.95. The molecular formula is C14H24FN3O2S. The second kappa shape index (κ2) is 7.20. The summed E-state index contributed by atoms with van der Waals surface area (Å²) in [6.07, 6.45) is 0. The number of benzene rings is 1. The lowest BCUT2D eigenvalue weighted by Crippen LogP contribution is -2.42. The molecule has 0 unspecified atom stereocenters. The number of nitrogens with two attached hydrogens (primary N) is 1. The Morgan fingerprint density at radius 1 is 1.19 bits per heavy atom. The summed E-state index contributed by atoms with van der Waals surface area (Å²) in [5.41, 5.74) is 5.56. The molecule has 1 aromatic carbocycles. The maximum absolute atomic E-state index is 13.2. The first-order valence-corrected chi connectivity index (χ1v) is 8.43. The van der Waals surface area contributed by atoms with Gasteiger partial charge in [0.1, 0.15) is 5.82 Å². The van der Waals surface area contributed by atoms with E-state index in [2.05, 4.69) is 37.3 Å². The van der Waals surface area contributed by atoms with E-state index in [0.717, 1.165) is 12.1 Å². The van der Waals surface area contributed by atoms with Gasteiger partial charge in [-0.1, -0.05) is 0 Å². The summed E-state index contributed by atoms with van der Waals surface area (Å²) in [6.45, 7) is 9.07. The monoisotopic (exact) mass is 317 g/mol. The summed E-state index contributed by atoms with van der Waals surface area (Å²) < 4.78 is 39.9. The highest BCUT2D eigenvalue weighted by Crippen LogP contribution is 2.15. The third kappa shape index (κ3) is 5.26. The van der Waals surface area contributed by atoms with Gasteiger partial charge in [0.25, 0.3) is 0 Å². The topological polar surface area (TPSA) is 75.4 Å². The van der Waals surface area contributed by atoms with E-state index in [1.54, 1.807) is 0 Å². The lowest BCUT2D eigenvalue weighted by atomic mass is 10.2. The predicted molar refractivity (Wildman–Crippen MR) is 83.0 cm³/mol. The number of nitrogens with one attached hydrogen (secondary N) is 1. The van der Waals surface area contributed by atoms with E-state index in [-0.39, 0.29) is 17.1 Å². The van der Waals surface area contributed by atoms with Gasteiger partial charge in [0.2, 0.25) is 10.0 Å². The quantitative estimate of drug-likeness (QED) is 0.752. The standard InChI is InChI=1S/C14H24FN3O2S/c1-10(2)18(11(3)4)6-5-17-21(19,20)14-8-12(15)7-13(16)9-14/h7-11,17H,5-6,16H2,1-4H3. The largest absolute Gasteiger partial charge is 0.399 e. The van der Waals surface area contributed by atoms with Crippen molar-refractivity contribution in [3.8, 4) is 0 Å². The van der Waals surface area contributed by atoms with Crippen LogP contribution in [-0.2, 0) is 10.0 Å². The predicted octanol–water partition coefficient (Wildman–Crippen LogP) is 1.80. The molecule has 3 N–H and O–H groups in total. The highest BCUT2D eigenvalue weighted by molar-refractivity contribution is 7.89. The number of halogens is 1. The van der Waals surface area contributed by atoms with Gasteiger partial charge in [0.15, 0.2) is 0 Å². The van der Waals surface area contributed by atoms with Gasteiger partial charge in [-0.05, 0) is 45.9 Å². The maximum atomic E-state index is 13.2. The number of anilines is 1. The molecule has 0 aromatic heterocycles. The van der Waals surface area contributed by atoms with Crippen LogP contribution in [0, 0.1) is 5.82 Å². The molecule has 7 heteroatoms. The molecule has 0 saturated carbocycles. The van der Waals surface area contributed by atoms with Crippen LogP contribution in [0.1, 0.15) is 27.7 Å². The molecule has 5 nitrogen and oxygen atoms in total. The lowest BCUT2D eigenvalue weighted by molar-refractivity contribution is 0.179. The molecule has 0 aliphatic carbocycles. The molecule has 0 spiro atoms. The van der Waals surface area contributed by atoms with Crippen molar-refractivity contribution in [1.29, 1.82) is 0 Å². The second-order valence-electron chi connectivity index (χ2n) is 5.54. The van der Waals surface area contributed by atoms with Crippen LogP contribution in [0.15, 0.2) is 23.1 Å². The molecule has 0 bridgehead atoms. The van der Waals surface area contributed by atoms with Crippen LogP contribution < -0.4 is 10.5 Å². The second-order valence-corrected chi connectivity index (χ2v) is 7.31. The number of rotatable bonds is 7. The average molecular weight is 317 g/mol. The van der Waals surface area contributed by atoms with Gasteiger partial charge in [-0.2, -0.15) is 0 Å². The molecule has 1 rings (SSSR count). The Balaban J connectivity index is 2.73. The zero-order valence-electron chi connectivity index (χ0n) is 12.9. The summed E-state index contributed by atoms with van der Waals surface area (Å²) in [7, 11) is -3.75. The van der Waals surface area contributed by atoms with E-state index >= 15 is 0 Å². The first-order chi connectivity index (χ1) is 9.63. The number of hydrogen-bond acceptors (Lipinski definition) is 4. The smallest absolute Gasteiger partial charge is 0.240 e. The van der Waals surface area contributed by atoms with Gasteiger partial charge in [-0.15, -0.1) is 0 Å². The van der Waals surface area contributed by atoms with Crippen LogP contribution in [0.5, 0.6) is 0 Å². The molecule has 0 aliphatic rings. The van der Waals surface area contributed by atoms with Gasteiger partial charge in [0.05, 0.1) is 4.90 Å². The minimum Gasteiger partial charge on any atom is -0.399 e. The van der Waals surface area contributed by atoms with E-state index in [0.29, 0.717) is 18.6 Å². The average Bonchev–Trinajstić information content (AvgIpc) is 2.32. The molecule has 1 aromatic rings. The summed E-state index contributed by atoms with van der Waals surface area (Å²) in [5.74, 6) is -0.665. The van der Waals surface area contributed by atoms with Crippen LogP contribution in [0.4, 0.5) is 10.1 Å². The Morgan fingerprint density at radius 3 is 2.24 bits per heavy atom. The van der Waals surface area contributed by atoms with Crippen molar-refractivity contribution in [2.75, 3.05) is 18.8 Å². The van der Waals surface area contributed by atoms with Gasteiger partial charge in [0, 0.05) is 30.9 Å². The summed E-state index contributed by atoms with van der Waals surface area (Å²) in [5, 5.41) is 0. The SMILES string of the molecule is CC(C)N(CCNS(=O)(=O)c1cc(N)cc(F)c1)C(C)C. The summed E-state index contributed by atoms with van der Waals surface area (Å²) in [4.78, 5) is 2.02.